The summed E-state index contributed by atoms with van der Waals surface area (Å²) in [5, 5.41) is 6.89. The van der Waals surface area contributed by atoms with Crippen molar-refractivity contribution in [1.82, 2.24) is 15.2 Å². The third-order valence-corrected chi connectivity index (χ3v) is 6.47. The van der Waals surface area contributed by atoms with Gasteiger partial charge in [-0.1, -0.05) is 29.3 Å². The van der Waals surface area contributed by atoms with Crippen LogP contribution in [0.5, 0.6) is 0 Å². The molecule has 31 heavy (non-hydrogen) atoms. The smallest absolute Gasteiger partial charge is 0.338 e. The van der Waals surface area contributed by atoms with Crippen molar-refractivity contribution in [2.24, 2.45) is 4.99 Å². The zero-order valence-electron chi connectivity index (χ0n) is 17.1. The number of thiazole rings is 1. The van der Waals surface area contributed by atoms with Crippen LogP contribution in [0.3, 0.4) is 0 Å². The highest BCUT2D eigenvalue weighted by Gasteiger charge is 2.34. The Balaban J connectivity index is 1.80. The molecule has 0 saturated carbocycles. The second-order valence-electron chi connectivity index (χ2n) is 7.31. The largest absolute Gasteiger partial charge is 0.466 e. The fraction of sp³-hybridized carbons (Fsp3) is 0.381. The van der Waals surface area contributed by atoms with E-state index >= 15 is 0 Å². The van der Waals surface area contributed by atoms with Gasteiger partial charge in [-0.15, -0.1) is 11.3 Å². The number of nitrogens with zero attached hydrogens (tertiary/aromatic N) is 3. The maximum absolute atomic E-state index is 12.9. The van der Waals surface area contributed by atoms with Crippen molar-refractivity contribution >= 4 is 46.3 Å². The van der Waals surface area contributed by atoms with E-state index in [1.54, 1.807) is 24.4 Å². The molecule has 1 N–H and O–H groups in total. The number of rotatable bonds is 5. The average Bonchev–Trinajstić information content (AvgIpc) is 3.28. The highest BCUT2D eigenvalue weighted by Crippen LogP contribution is 2.37. The van der Waals surface area contributed by atoms with Crippen LogP contribution in [0.4, 0.5) is 0 Å². The summed E-state index contributed by atoms with van der Waals surface area (Å²) in [5.74, 6) is 0.136. The predicted octanol–water partition coefficient (Wildman–Crippen LogP) is 3.69. The fourth-order valence-electron chi connectivity index (χ4n) is 3.73. The normalized spacial score (nSPS) is 22.1. The third-order valence-electron chi connectivity index (χ3n) is 5.13. The number of methoxy groups -OCH3 is 1. The van der Waals surface area contributed by atoms with Crippen molar-refractivity contribution in [1.29, 1.82) is 0 Å². The predicted molar refractivity (Wildman–Crippen MR) is 122 cm³/mol. The van der Waals surface area contributed by atoms with Crippen LogP contribution >= 0.6 is 34.5 Å². The molecule has 0 amide bonds. The number of halogens is 2. The molecule has 2 aromatic rings. The van der Waals surface area contributed by atoms with Crippen LogP contribution in [-0.4, -0.2) is 61.1 Å². The number of hydrogen-bond donors (Lipinski definition) is 1. The number of hydrogen-bond acceptors (Lipinski definition) is 8. The minimum atomic E-state index is -0.647. The molecule has 0 spiro atoms. The molecular weight excluding hydrogens is 459 g/mol. The lowest BCUT2D eigenvalue weighted by Gasteiger charge is -2.34. The van der Waals surface area contributed by atoms with Crippen LogP contribution in [0.15, 0.2) is 46.0 Å². The van der Waals surface area contributed by atoms with Crippen molar-refractivity contribution in [3.05, 3.63) is 61.7 Å². The summed E-state index contributed by atoms with van der Waals surface area (Å²) in [6, 6.07) is 4.53. The number of benzene rings is 1. The van der Waals surface area contributed by atoms with Gasteiger partial charge in [-0.25, -0.2) is 9.78 Å². The SMILES string of the molecule is COC(=O)C1=C(CN2CCOC(C)C2)NC(c2nccs2)=NC1c1ccc(Cl)cc1Cl. The molecule has 2 unspecified atom stereocenters. The van der Waals surface area contributed by atoms with Gasteiger partial charge in [0.1, 0.15) is 6.04 Å². The number of esters is 1. The first kappa shape index (κ1) is 22.2. The van der Waals surface area contributed by atoms with Gasteiger partial charge in [0.25, 0.3) is 0 Å². The molecule has 2 atom stereocenters. The van der Waals surface area contributed by atoms with Crippen molar-refractivity contribution in [3.63, 3.8) is 0 Å². The number of morpholine rings is 1. The zero-order valence-corrected chi connectivity index (χ0v) is 19.4. The number of carbonyl (C=O) groups excluding carboxylic acids is 1. The van der Waals surface area contributed by atoms with E-state index in [9.17, 15) is 4.79 Å². The summed E-state index contributed by atoms with van der Waals surface area (Å²) < 4.78 is 10.8. The zero-order chi connectivity index (χ0) is 22.0. The van der Waals surface area contributed by atoms with E-state index in [4.69, 9.17) is 37.7 Å². The first-order chi connectivity index (χ1) is 15.0. The number of aliphatic imine (C=N–C) groups is 1. The van der Waals surface area contributed by atoms with E-state index in [1.165, 1.54) is 18.4 Å². The van der Waals surface area contributed by atoms with Gasteiger partial charge in [-0.05, 0) is 19.1 Å². The lowest BCUT2D eigenvalue weighted by Crippen LogP contribution is -2.45. The Labute approximate surface area is 194 Å². The van der Waals surface area contributed by atoms with E-state index in [0.717, 1.165) is 23.8 Å². The summed E-state index contributed by atoms with van der Waals surface area (Å²) in [6.07, 6.45) is 1.84. The molecule has 1 aromatic carbocycles. The molecule has 2 aliphatic heterocycles. The summed E-state index contributed by atoms with van der Waals surface area (Å²) >= 11 is 14.1. The maximum atomic E-state index is 12.9. The first-order valence-electron chi connectivity index (χ1n) is 9.81. The monoisotopic (exact) mass is 480 g/mol. The van der Waals surface area contributed by atoms with Gasteiger partial charge in [-0.2, -0.15) is 0 Å². The Bertz CT molecular complexity index is 1030. The quantitative estimate of drug-likeness (QED) is 0.657. The molecule has 0 radical (unpaired) electrons. The molecule has 1 fully saturated rings. The number of carbonyl (C=O) groups is 1. The van der Waals surface area contributed by atoms with E-state index in [0.29, 0.717) is 40.2 Å². The van der Waals surface area contributed by atoms with E-state index in [2.05, 4.69) is 15.2 Å². The molecule has 3 heterocycles. The average molecular weight is 481 g/mol. The van der Waals surface area contributed by atoms with Crippen LogP contribution in [0.2, 0.25) is 10.0 Å². The number of nitrogens with one attached hydrogen (secondary N) is 1. The standard InChI is InChI=1S/C21H22Cl2N4O3S/c1-12-10-27(6-7-30-12)11-16-17(21(28)29-2)18(14-4-3-13(22)9-15(14)23)26-19(25-16)20-24-5-8-31-20/h3-5,8-9,12,18H,6-7,10-11H2,1-2H3,(H,25,26). The van der Waals surface area contributed by atoms with Crippen LogP contribution in [0.25, 0.3) is 0 Å². The summed E-state index contributed by atoms with van der Waals surface area (Å²) in [7, 11) is 1.37. The second-order valence-corrected chi connectivity index (χ2v) is 9.05. The minimum absolute atomic E-state index is 0.119. The minimum Gasteiger partial charge on any atom is -0.466 e. The van der Waals surface area contributed by atoms with E-state index < -0.39 is 12.0 Å². The summed E-state index contributed by atoms with van der Waals surface area (Å²) in [5.41, 5.74) is 1.82. The summed E-state index contributed by atoms with van der Waals surface area (Å²) in [4.78, 5) is 24.4. The van der Waals surface area contributed by atoms with E-state index in [-0.39, 0.29) is 6.10 Å². The first-order valence-corrected chi connectivity index (χ1v) is 11.4. The van der Waals surface area contributed by atoms with Gasteiger partial charge in [-0.3, -0.25) is 9.89 Å². The molecule has 1 saturated heterocycles. The lowest BCUT2D eigenvalue weighted by molar-refractivity contribution is -0.136. The Morgan fingerprint density at radius 3 is 2.94 bits per heavy atom. The Morgan fingerprint density at radius 2 is 2.26 bits per heavy atom. The van der Waals surface area contributed by atoms with Crippen molar-refractivity contribution in [2.75, 3.05) is 33.4 Å². The molecule has 7 nitrogen and oxygen atoms in total. The summed E-state index contributed by atoms with van der Waals surface area (Å²) in [6.45, 7) is 4.72. The highest BCUT2D eigenvalue weighted by molar-refractivity contribution is 7.11. The van der Waals surface area contributed by atoms with Crippen molar-refractivity contribution < 1.29 is 14.3 Å². The lowest BCUT2D eigenvalue weighted by atomic mass is 9.95. The van der Waals surface area contributed by atoms with Gasteiger partial charge in [0.05, 0.1) is 25.4 Å². The van der Waals surface area contributed by atoms with Crippen LogP contribution in [0, 0.1) is 0 Å². The van der Waals surface area contributed by atoms with Gasteiger partial charge in [0.2, 0.25) is 0 Å². The Hall–Kier alpha value is -1.97. The topological polar surface area (TPSA) is 76.0 Å². The second kappa shape index (κ2) is 9.67. The highest BCUT2D eigenvalue weighted by atomic mass is 35.5. The molecule has 1 aromatic heterocycles. The van der Waals surface area contributed by atoms with Gasteiger partial charge in [0, 0.05) is 52.5 Å². The van der Waals surface area contributed by atoms with Crippen LogP contribution < -0.4 is 5.32 Å². The molecule has 2 aliphatic rings. The molecule has 10 heteroatoms. The van der Waals surface area contributed by atoms with Gasteiger partial charge < -0.3 is 14.8 Å². The molecule has 0 bridgehead atoms. The number of ether oxygens (including phenoxy) is 2. The molecule has 0 aliphatic carbocycles. The van der Waals surface area contributed by atoms with Crippen LogP contribution in [0.1, 0.15) is 23.5 Å². The molecular formula is C21H22Cl2N4O3S. The Kier molecular flexibility index (Phi) is 6.93. The van der Waals surface area contributed by atoms with Gasteiger partial charge in [0.15, 0.2) is 10.8 Å². The van der Waals surface area contributed by atoms with Crippen molar-refractivity contribution in [3.8, 4) is 0 Å². The Morgan fingerprint density at radius 1 is 1.42 bits per heavy atom. The molecule has 164 valence electrons. The van der Waals surface area contributed by atoms with E-state index in [1.807, 2.05) is 12.3 Å². The van der Waals surface area contributed by atoms with Crippen molar-refractivity contribution in [2.45, 2.75) is 19.1 Å². The third kappa shape index (κ3) is 4.94. The molecule has 4 rings (SSSR count). The number of aromatic nitrogens is 1. The fourth-order valence-corrected chi connectivity index (χ4v) is 4.83. The van der Waals surface area contributed by atoms with Crippen LogP contribution in [-0.2, 0) is 14.3 Å². The van der Waals surface area contributed by atoms with Gasteiger partial charge >= 0.3 is 5.97 Å². The number of amidine groups is 1. The maximum Gasteiger partial charge on any atom is 0.338 e.